The zero-order valence-electron chi connectivity index (χ0n) is 8.27. The minimum Gasteiger partial charge on any atom is -0.225 e. The number of H-pyrrole nitrogens is 1. The number of nitrogens with one attached hydrogen (secondary N) is 1. The van der Waals surface area contributed by atoms with Crippen LogP contribution in [-0.2, 0) is 10.0 Å². The topological polar surface area (TPSA) is 115 Å². The normalized spacial score (nSPS) is 10.2. The fourth-order valence-corrected chi connectivity index (χ4v) is 1.91. The summed E-state index contributed by atoms with van der Waals surface area (Å²) >= 11 is 0. The summed E-state index contributed by atoms with van der Waals surface area (Å²) in [5.41, 5.74) is 0.328. The quantitative estimate of drug-likeness (QED) is 0.830. The van der Waals surface area contributed by atoms with Crippen molar-refractivity contribution in [2.24, 2.45) is 5.14 Å². The number of benzene rings is 1. The van der Waals surface area contributed by atoms with E-state index in [9.17, 15) is 8.42 Å². The molecule has 0 aliphatic rings. The molecule has 0 fully saturated rings. The first-order valence-corrected chi connectivity index (χ1v) is 5.49. The molecule has 0 spiro atoms. The van der Waals surface area contributed by atoms with Gasteiger partial charge in [-0.1, -0.05) is 12.1 Å². The first kappa shape index (κ1) is 15.8. The Labute approximate surface area is 110 Å². The van der Waals surface area contributed by atoms with Gasteiger partial charge in [-0.15, -0.1) is 35.0 Å². The molecule has 1 aromatic heterocycles. The lowest BCUT2D eigenvalue weighted by Crippen LogP contribution is -2.13. The van der Waals surface area contributed by atoms with E-state index in [1.54, 1.807) is 18.2 Å². The summed E-state index contributed by atoms with van der Waals surface area (Å²) in [5, 5.41) is 18.0. The van der Waals surface area contributed by atoms with Crippen LogP contribution in [-0.4, -0.2) is 29.0 Å². The standard InChI is InChI=1S/C7H7N5O2S.2ClH/c8-15(13,14)6-4-2-1-3-5(6)7-9-11-12-10-7;;/h1-4H,(H2,8,13,14)(H,9,10,11,12);2*1H. The molecular formula is C7H9Cl2N5O2S. The van der Waals surface area contributed by atoms with E-state index >= 15 is 0 Å². The van der Waals surface area contributed by atoms with Gasteiger partial charge in [0.2, 0.25) is 15.8 Å². The minimum atomic E-state index is -3.78. The average Bonchev–Trinajstić information content (AvgIpc) is 2.69. The van der Waals surface area contributed by atoms with Crippen LogP contribution < -0.4 is 5.14 Å². The third kappa shape index (κ3) is 3.37. The molecule has 2 aromatic rings. The number of aromatic amines is 1. The number of primary sulfonamides is 1. The number of nitrogens with zero attached hydrogens (tertiary/aromatic N) is 3. The van der Waals surface area contributed by atoms with Gasteiger partial charge in [0.05, 0.1) is 4.90 Å². The van der Waals surface area contributed by atoms with Crippen molar-refractivity contribution in [2.75, 3.05) is 0 Å². The van der Waals surface area contributed by atoms with Crippen LogP contribution in [0.2, 0.25) is 0 Å². The number of tetrazole rings is 1. The number of aromatic nitrogens is 4. The van der Waals surface area contributed by atoms with Gasteiger partial charge in [0.1, 0.15) is 0 Å². The Kier molecular flexibility index (Phi) is 5.49. The van der Waals surface area contributed by atoms with Gasteiger partial charge in [-0.3, -0.25) is 0 Å². The van der Waals surface area contributed by atoms with Gasteiger partial charge in [0.15, 0.2) is 0 Å². The zero-order chi connectivity index (χ0) is 10.9. The fraction of sp³-hybridized carbons (Fsp3) is 0. The molecule has 7 nitrogen and oxygen atoms in total. The number of halogens is 2. The Hall–Kier alpha value is -1.22. The van der Waals surface area contributed by atoms with E-state index in [0.717, 1.165) is 0 Å². The minimum absolute atomic E-state index is 0. The summed E-state index contributed by atoms with van der Waals surface area (Å²) in [5.74, 6) is 0.194. The molecule has 1 heterocycles. The highest BCUT2D eigenvalue weighted by atomic mass is 35.5. The Morgan fingerprint density at radius 2 is 1.82 bits per heavy atom. The lowest BCUT2D eigenvalue weighted by atomic mass is 10.2. The highest BCUT2D eigenvalue weighted by Crippen LogP contribution is 2.21. The maximum absolute atomic E-state index is 11.2. The van der Waals surface area contributed by atoms with E-state index in [2.05, 4.69) is 20.6 Å². The van der Waals surface area contributed by atoms with E-state index in [4.69, 9.17) is 5.14 Å². The number of rotatable bonds is 2. The van der Waals surface area contributed by atoms with Gasteiger partial charge in [-0.2, -0.15) is 5.21 Å². The number of nitrogens with two attached hydrogens (primary N) is 1. The van der Waals surface area contributed by atoms with Crippen LogP contribution in [0.5, 0.6) is 0 Å². The molecular weight excluding hydrogens is 289 g/mol. The second-order valence-corrected chi connectivity index (χ2v) is 4.31. The molecule has 0 amide bonds. The van der Waals surface area contributed by atoms with Crippen molar-refractivity contribution in [3.63, 3.8) is 0 Å². The van der Waals surface area contributed by atoms with E-state index in [1.807, 2.05) is 0 Å². The van der Waals surface area contributed by atoms with Crippen LogP contribution in [0, 0.1) is 0 Å². The number of hydrogen-bond acceptors (Lipinski definition) is 5. The lowest BCUT2D eigenvalue weighted by molar-refractivity contribution is 0.598. The van der Waals surface area contributed by atoms with Gasteiger partial charge in [0.25, 0.3) is 0 Å². The van der Waals surface area contributed by atoms with Gasteiger partial charge in [-0.05, 0) is 17.3 Å². The molecule has 17 heavy (non-hydrogen) atoms. The maximum Gasteiger partial charge on any atom is 0.238 e. The highest BCUT2D eigenvalue weighted by molar-refractivity contribution is 7.89. The molecule has 0 aliphatic carbocycles. The smallest absolute Gasteiger partial charge is 0.225 e. The predicted molar refractivity (Wildman–Crippen MR) is 65.5 cm³/mol. The molecule has 10 heteroatoms. The van der Waals surface area contributed by atoms with Crippen molar-refractivity contribution < 1.29 is 8.42 Å². The van der Waals surface area contributed by atoms with Crippen LogP contribution in [0.25, 0.3) is 11.4 Å². The Balaban J connectivity index is 0.00000128. The van der Waals surface area contributed by atoms with Crippen LogP contribution in [0.4, 0.5) is 0 Å². The van der Waals surface area contributed by atoms with Crippen LogP contribution in [0.15, 0.2) is 29.2 Å². The maximum atomic E-state index is 11.2. The molecule has 0 unspecified atom stereocenters. The molecule has 0 atom stereocenters. The van der Waals surface area contributed by atoms with Gasteiger partial charge >= 0.3 is 0 Å². The molecule has 2 rings (SSSR count). The summed E-state index contributed by atoms with van der Waals surface area (Å²) in [6, 6.07) is 6.19. The zero-order valence-corrected chi connectivity index (χ0v) is 10.7. The van der Waals surface area contributed by atoms with Crippen molar-refractivity contribution in [2.45, 2.75) is 4.90 Å². The predicted octanol–water partition coefficient (Wildman–Crippen LogP) is 0.358. The monoisotopic (exact) mass is 297 g/mol. The average molecular weight is 298 g/mol. The van der Waals surface area contributed by atoms with Crippen molar-refractivity contribution in [1.82, 2.24) is 20.6 Å². The van der Waals surface area contributed by atoms with Crippen molar-refractivity contribution in [3.8, 4) is 11.4 Å². The number of sulfonamides is 1. The summed E-state index contributed by atoms with van der Waals surface area (Å²) in [6.45, 7) is 0. The van der Waals surface area contributed by atoms with E-state index in [-0.39, 0.29) is 35.5 Å². The Bertz CT molecular complexity index is 572. The second kappa shape index (κ2) is 5.92. The molecule has 94 valence electrons. The van der Waals surface area contributed by atoms with Gasteiger partial charge in [-0.25, -0.2) is 13.6 Å². The summed E-state index contributed by atoms with van der Waals surface area (Å²) in [7, 11) is -3.78. The fourth-order valence-electron chi connectivity index (χ4n) is 1.18. The first-order chi connectivity index (χ1) is 7.09. The van der Waals surface area contributed by atoms with E-state index in [1.165, 1.54) is 6.07 Å². The summed E-state index contributed by atoms with van der Waals surface area (Å²) < 4.78 is 22.5. The third-order valence-corrected chi connectivity index (χ3v) is 2.75. The second-order valence-electron chi connectivity index (χ2n) is 2.78. The summed E-state index contributed by atoms with van der Waals surface area (Å²) in [4.78, 5) is -0.0219. The Morgan fingerprint density at radius 1 is 1.18 bits per heavy atom. The molecule has 0 bridgehead atoms. The Morgan fingerprint density at radius 3 is 2.35 bits per heavy atom. The number of hydrogen-bond donors (Lipinski definition) is 2. The van der Waals surface area contributed by atoms with Crippen molar-refractivity contribution >= 4 is 34.8 Å². The largest absolute Gasteiger partial charge is 0.238 e. The molecule has 0 radical (unpaired) electrons. The lowest BCUT2D eigenvalue weighted by Gasteiger charge is -2.02. The SMILES string of the molecule is Cl.Cl.NS(=O)(=O)c1ccccc1-c1nn[nH]n1. The van der Waals surface area contributed by atoms with Crippen molar-refractivity contribution in [1.29, 1.82) is 0 Å². The van der Waals surface area contributed by atoms with Crippen LogP contribution in [0.1, 0.15) is 0 Å². The first-order valence-electron chi connectivity index (χ1n) is 3.94. The van der Waals surface area contributed by atoms with E-state index < -0.39 is 10.0 Å². The molecule has 0 saturated heterocycles. The highest BCUT2D eigenvalue weighted by Gasteiger charge is 2.16. The van der Waals surface area contributed by atoms with Crippen molar-refractivity contribution in [3.05, 3.63) is 24.3 Å². The molecule has 0 saturated carbocycles. The van der Waals surface area contributed by atoms with Crippen LogP contribution in [0.3, 0.4) is 0 Å². The molecule has 3 N–H and O–H groups in total. The molecule has 0 aliphatic heterocycles. The van der Waals surface area contributed by atoms with Crippen LogP contribution >= 0.6 is 24.8 Å². The van der Waals surface area contributed by atoms with Gasteiger partial charge < -0.3 is 0 Å². The molecule has 1 aromatic carbocycles. The van der Waals surface area contributed by atoms with E-state index in [0.29, 0.717) is 5.56 Å². The summed E-state index contributed by atoms with van der Waals surface area (Å²) in [6.07, 6.45) is 0. The van der Waals surface area contributed by atoms with Gasteiger partial charge in [0, 0.05) is 5.56 Å². The third-order valence-electron chi connectivity index (χ3n) is 1.78.